The minimum absolute atomic E-state index is 0.0517. The molecule has 1 aromatic carbocycles. The molecular weight excluding hydrogens is 327 g/mol. The summed E-state index contributed by atoms with van der Waals surface area (Å²) < 4.78 is 22.7. The van der Waals surface area contributed by atoms with Crippen molar-refractivity contribution in [1.82, 2.24) is 19.1 Å². The lowest BCUT2D eigenvalue weighted by atomic mass is 10.2. The van der Waals surface area contributed by atoms with Crippen LogP contribution in [0.1, 0.15) is 23.0 Å². The minimum atomic E-state index is -0.689. The van der Waals surface area contributed by atoms with Crippen molar-refractivity contribution in [1.29, 1.82) is 0 Å². The number of nitrogens with zero attached hydrogens (tertiary/aromatic N) is 4. The Labute approximate surface area is 142 Å². The number of rotatable bonds is 5. The molecule has 3 rings (SSSR count). The third-order valence-electron chi connectivity index (χ3n) is 3.81. The predicted octanol–water partition coefficient (Wildman–Crippen LogP) is 1.74. The van der Waals surface area contributed by atoms with Crippen LogP contribution in [0.25, 0.3) is 5.69 Å². The summed E-state index contributed by atoms with van der Waals surface area (Å²) in [4.78, 5) is 25.2. The molecule has 0 N–H and O–H groups in total. The highest BCUT2D eigenvalue weighted by molar-refractivity contribution is 5.90. The first-order valence-corrected chi connectivity index (χ1v) is 7.74. The summed E-state index contributed by atoms with van der Waals surface area (Å²) in [5, 5.41) is 4.11. The van der Waals surface area contributed by atoms with Gasteiger partial charge in [-0.15, -0.1) is 0 Å². The Hall–Kier alpha value is -3.16. The van der Waals surface area contributed by atoms with Gasteiger partial charge in [0.05, 0.1) is 24.5 Å². The van der Waals surface area contributed by atoms with E-state index >= 15 is 0 Å². The summed E-state index contributed by atoms with van der Waals surface area (Å²) in [5.74, 6) is -1.10. The van der Waals surface area contributed by atoms with E-state index < -0.39 is 17.3 Å². The summed E-state index contributed by atoms with van der Waals surface area (Å²) in [7, 11) is 1.66. The molecular formula is C17H17FN4O3. The number of benzene rings is 1. The summed E-state index contributed by atoms with van der Waals surface area (Å²) in [6, 6.07) is 7.21. The van der Waals surface area contributed by atoms with Gasteiger partial charge in [0.2, 0.25) is 0 Å². The predicted molar refractivity (Wildman–Crippen MR) is 88.3 cm³/mol. The second-order valence-corrected chi connectivity index (χ2v) is 5.36. The average molecular weight is 344 g/mol. The van der Waals surface area contributed by atoms with Crippen molar-refractivity contribution in [2.75, 3.05) is 6.61 Å². The first-order valence-electron chi connectivity index (χ1n) is 7.74. The Balaban J connectivity index is 2.18. The van der Waals surface area contributed by atoms with E-state index in [0.717, 1.165) is 0 Å². The molecule has 2 heterocycles. The van der Waals surface area contributed by atoms with Crippen molar-refractivity contribution in [2.24, 2.45) is 7.05 Å². The molecule has 0 aliphatic heterocycles. The largest absolute Gasteiger partial charge is 0.462 e. The second kappa shape index (κ2) is 6.76. The van der Waals surface area contributed by atoms with E-state index in [-0.39, 0.29) is 18.7 Å². The Morgan fingerprint density at radius 1 is 1.28 bits per heavy atom. The molecule has 0 spiro atoms. The van der Waals surface area contributed by atoms with Crippen molar-refractivity contribution in [3.8, 4) is 5.69 Å². The fourth-order valence-electron chi connectivity index (χ4n) is 2.66. The molecule has 0 unspecified atom stereocenters. The van der Waals surface area contributed by atoms with Crippen LogP contribution >= 0.6 is 0 Å². The van der Waals surface area contributed by atoms with Gasteiger partial charge in [-0.2, -0.15) is 5.10 Å². The van der Waals surface area contributed by atoms with Crippen LogP contribution in [0.5, 0.6) is 0 Å². The van der Waals surface area contributed by atoms with Crippen molar-refractivity contribution in [3.05, 3.63) is 70.2 Å². The number of hydrogen-bond donors (Lipinski definition) is 0. The SMILES string of the molecule is CCOC(=O)c1c(Cn2cccn2)n(C)n(-c2ccc(F)cc2)c1=O. The Morgan fingerprint density at radius 3 is 2.60 bits per heavy atom. The number of carbonyl (C=O) groups excluding carboxylic acids is 1. The molecule has 0 aliphatic rings. The number of esters is 1. The highest BCUT2D eigenvalue weighted by Gasteiger charge is 2.26. The van der Waals surface area contributed by atoms with Gasteiger partial charge >= 0.3 is 5.97 Å². The number of ether oxygens (including phenoxy) is 1. The van der Waals surface area contributed by atoms with Crippen molar-refractivity contribution < 1.29 is 13.9 Å². The average Bonchev–Trinajstić information content (AvgIpc) is 3.17. The summed E-state index contributed by atoms with van der Waals surface area (Å²) in [6.45, 7) is 2.05. The van der Waals surface area contributed by atoms with Crippen LogP contribution in [0.4, 0.5) is 4.39 Å². The van der Waals surface area contributed by atoms with Gasteiger partial charge in [0.1, 0.15) is 11.4 Å². The zero-order chi connectivity index (χ0) is 18.0. The molecule has 0 saturated carbocycles. The zero-order valence-corrected chi connectivity index (χ0v) is 13.8. The lowest BCUT2D eigenvalue weighted by Gasteiger charge is -2.10. The molecule has 130 valence electrons. The maximum atomic E-state index is 13.2. The molecule has 0 amide bonds. The molecule has 0 bridgehead atoms. The molecule has 0 aliphatic carbocycles. The van der Waals surface area contributed by atoms with Gasteiger partial charge in [0.25, 0.3) is 5.56 Å². The molecule has 0 fully saturated rings. The topological polar surface area (TPSA) is 71.1 Å². The maximum Gasteiger partial charge on any atom is 0.345 e. The van der Waals surface area contributed by atoms with E-state index in [1.165, 1.54) is 28.9 Å². The standard InChI is InChI=1S/C17H17FN4O3/c1-3-25-17(24)15-14(11-21-10-4-9-19-21)20(2)22(16(15)23)13-7-5-12(18)6-8-13/h4-10H,3,11H2,1-2H3. The van der Waals surface area contributed by atoms with Crippen LogP contribution in [-0.2, 0) is 18.3 Å². The van der Waals surface area contributed by atoms with Crippen molar-refractivity contribution in [2.45, 2.75) is 13.5 Å². The van der Waals surface area contributed by atoms with E-state index in [9.17, 15) is 14.0 Å². The molecule has 0 radical (unpaired) electrons. The van der Waals surface area contributed by atoms with Gasteiger partial charge in [-0.25, -0.2) is 13.9 Å². The smallest absolute Gasteiger partial charge is 0.345 e. The zero-order valence-electron chi connectivity index (χ0n) is 13.8. The van der Waals surface area contributed by atoms with Gasteiger partial charge in [0, 0.05) is 19.4 Å². The van der Waals surface area contributed by atoms with E-state index in [0.29, 0.717) is 11.4 Å². The molecule has 25 heavy (non-hydrogen) atoms. The van der Waals surface area contributed by atoms with Crippen molar-refractivity contribution in [3.63, 3.8) is 0 Å². The highest BCUT2D eigenvalue weighted by atomic mass is 19.1. The molecule has 7 nitrogen and oxygen atoms in total. The quantitative estimate of drug-likeness (QED) is 0.661. The van der Waals surface area contributed by atoms with Crippen LogP contribution in [0.3, 0.4) is 0 Å². The first kappa shape index (κ1) is 16.7. The van der Waals surface area contributed by atoms with Crippen LogP contribution in [0, 0.1) is 5.82 Å². The lowest BCUT2D eigenvalue weighted by Crippen LogP contribution is -2.23. The van der Waals surface area contributed by atoms with Crippen LogP contribution in [0.2, 0.25) is 0 Å². The number of carbonyl (C=O) groups is 1. The van der Waals surface area contributed by atoms with E-state index in [1.54, 1.807) is 41.8 Å². The van der Waals surface area contributed by atoms with E-state index in [1.807, 2.05) is 0 Å². The molecule has 3 aromatic rings. The third kappa shape index (κ3) is 3.10. The fraction of sp³-hybridized carbons (Fsp3) is 0.235. The second-order valence-electron chi connectivity index (χ2n) is 5.36. The Kier molecular flexibility index (Phi) is 4.51. The van der Waals surface area contributed by atoms with Crippen LogP contribution in [0.15, 0.2) is 47.5 Å². The molecule has 0 saturated heterocycles. The normalized spacial score (nSPS) is 10.8. The summed E-state index contributed by atoms with van der Waals surface area (Å²) in [6.07, 6.45) is 3.34. The molecule has 2 aromatic heterocycles. The van der Waals surface area contributed by atoms with E-state index in [2.05, 4.69) is 5.10 Å². The minimum Gasteiger partial charge on any atom is -0.462 e. The van der Waals surface area contributed by atoms with Crippen LogP contribution in [-0.4, -0.2) is 31.7 Å². The maximum absolute atomic E-state index is 13.2. The Bertz CT molecular complexity index is 940. The first-order chi connectivity index (χ1) is 12.0. The fourth-order valence-corrected chi connectivity index (χ4v) is 2.66. The van der Waals surface area contributed by atoms with Gasteiger partial charge in [-0.1, -0.05) is 0 Å². The van der Waals surface area contributed by atoms with Gasteiger partial charge in [0.15, 0.2) is 0 Å². The highest BCUT2D eigenvalue weighted by Crippen LogP contribution is 2.14. The summed E-state index contributed by atoms with van der Waals surface area (Å²) in [5.41, 5.74) is 0.335. The lowest BCUT2D eigenvalue weighted by molar-refractivity contribution is 0.0523. The summed E-state index contributed by atoms with van der Waals surface area (Å²) >= 11 is 0. The van der Waals surface area contributed by atoms with Crippen LogP contribution < -0.4 is 5.56 Å². The van der Waals surface area contributed by atoms with Gasteiger partial charge < -0.3 is 4.74 Å². The molecule has 0 atom stereocenters. The van der Waals surface area contributed by atoms with Gasteiger partial charge in [-0.05, 0) is 37.3 Å². The monoisotopic (exact) mass is 344 g/mol. The number of halogens is 1. The Morgan fingerprint density at radius 2 is 2.00 bits per heavy atom. The van der Waals surface area contributed by atoms with Crippen molar-refractivity contribution >= 4 is 5.97 Å². The number of hydrogen-bond acceptors (Lipinski definition) is 4. The molecule has 8 heteroatoms. The van der Waals surface area contributed by atoms with Gasteiger partial charge in [-0.3, -0.25) is 14.2 Å². The number of aromatic nitrogens is 4. The van der Waals surface area contributed by atoms with E-state index in [4.69, 9.17) is 4.74 Å². The third-order valence-corrected chi connectivity index (χ3v) is 3.81.